The largest absolute Gasteiger partial charge is 0.476 e. The molecular weight excluding hydrogens is 276 g/mol. The molecule has 0 unspecified atom stereocenters. The van der Waals surface area contributed by atoms with Crippen molar-refractivity contribution < 1.29 is 9.90 Å². The molecule has 1 N–H and O–H groups in total. The van der Waals surface area contributed by atoms with Gasteiger partial charge in [-0.2, -0.15) is 5.10 Å². The normalized spacial score (nSPS) is 13.8. The summed E-state index contributed by atoms with van der Waals surface area (Å²) in [4.78, 5) is 21.9. The molecule has 3 aromatic rings. The van der Waals surface area contributed by atoms with E-state index in [9.17, 15) is 4.79 Å². The van der Waals surface area contributed by atoms with Crippen LogP contribution >= 0.6 is 11.3 Å². The molecule has 1 aliphatic carbocycles. The molecule has 3 heterocycles. The number of carboxylic acid groups (broad SMARTS) is 1. The number of carboxylic acids is 1. The van der Waals surface area contributed by atoms with Crippen LogP contribution in [0.4, 0.5) is 0 Å². The van der Waals surface area contributed by atoms with E-state index in [1.807, 2.05) is 0 Å². The summed E-state index contributed by atoms with van der Waals surface area (Å²) >= 11 is 1.70. The van der Waals surface area contributed by atoms with Gasteiger partial charge >= 0.3 is 5.97 Å². The average Bonchev–Trinajstić information content (AvgIpc) is 3.13. The predicted octanol–water partition coefficient (Wildman–Crippen LogP) is 2.06. The molecule has 0 radical (unpaired) electrons. The predicted molar refractivity (Wildman–Crippen MR) is 73.5 cm³/mol. The van der Waals surface area contributed by atoms with E-state index in [0.29, 0.717) is 5.82 Å². The molecule has 0 spiro atoms. The van der Waals surface area contributed by atoms with E-state index >= 15 is 0 Å². The summed E-state index contributed by atoms with van der Waals surface area (Å²) in [5.74, 6) is -0.369. The van der Waals surface area contributed by atoms with E-state index in [1.165, 1.54) is 27.5 Å². The Morgan fingerprint density at radius 1 is 1.35 bits per heavy atom. The highest BCUT2D eigenvalue weighted by Crippen LogP contribution is 2.38. The number of rotatable bonds is 2. The molecule has 3 aromatic heterocycles. The third kappa shape index (κ3) is 1.56. The molecule has 20 heavy (non-hydrogen) atoms. The number of hydrogen-bond acceptors (Lipinski definition) is 5. The lowest BCUT2D eigenvalue weighted by Crippen LogP contribution is -2.03. The van der Waals surface area contributed by atoms with Gasteiger partial charge in [0.05, 0.1) is 5.39 Å². The highest BCUT2D eigenvalue weighted by atomic mass is 32.1. The molecule has 0 saturated carbocycles. The van der Waals surface area contributed by atoms with Crippen LogP contribution in [0.2, 0.25) is 0 Å². The highest BCUT2D eigenvalue weighted by molar-refractivity contribution is 7.19. The lowest BCUT2D eigenvalue weighted by Gasteiger charge is -2.03. The van der Waals surface area contributed by atoms with Gasteiger partial charge in [-0.15, -0.1) is 11.3 Å². The van der Waals surface area contributed by atoms with Gasteiger partial charge in [0.1, 0.15) is 11.2 Å². The molecule has 100 valence electrons. The van der Waals surface area contributed by atoms with Gasteiger partial charge in [0, 0.05) is 11.1 Å². The zero-order valence-corrected chi connectivity index (χ0v) is 11.2. The summed E-state index contributed by atoms with van der Waals surface area (Å²) < 4.78 is 1.53. The topological polar surface area (TPSA) is 80.9 Å². The van der Waals surface area contributed by atoms with Crippen LogP contribution in [-0.2, 0) is 12.8 Å². The quantitative estimate of drug-likeness (QED) is 0.780. The first kappa shape index (κ1) is 11.5. The first-order chi connectivity index (χ1) is 9.74. The van der Waals surface area contributed by atoms with Gasteiger partial charge in [-0.1, -0.05) is 0 Å². The minimum atomic E-state index is -1.04. The molecule has 6 nitrogen and oxygen atoms in total. The lowest BCUT2D eigenvalue weighted by atomic mass is 10.2. The van der Waals surface area contributed by atoms with Gasteiger partial charge in [0.25, 0.3) is 0 Å². The van der Waals surface area contributed by atoms with Gasteiger partial charge in [-0.25, -0.2) is 19.4 Å². The van der Waals surface area contributed by atoms with E-state index in [2.05, 4.69) is 15.1 Å². The minimum Gasteiger partial charge on any atom is -0.476 e. The van der Waals surface area contributed by atoms with Crippen molar-refractivity contribution in [1.82, 2.24) is 19.7 Å². The van der Waals surface area contributed by atoms with Crippen molar-refractivity contribution in [3.63, 3.8) is 0 Å². The fourth-order valence-corrected chi connectivity index (χ4v) is 3.87. The monoisotopic (exact) mass is 286 g/mol. The Morgan fingerprint density at radius 2 is 2.25 bits per heavy atom. The number of aryl methyl sites for hydroxylation is 2. The van der Waals surface area contributed by atoms with Gasteiger partial charge in [0.15, 0.2) is 11.5 Å². The Hall–Kier alpha value is -2.28. The summed E-state index contributed by atoms with van der Waals surface area (Å²) in [7, 11) is 0. The Balaban J connectivity index is 1.96. The fraction of sp³-hybridized carbons (Fsp3) is 0.231. The summed E-state index contributed by atoms with van der Waals surface area (Å²) in [5, 5.41) is 14.1. The minimum absolute atomic E-state index is 0.0173. The lowest BCUT2D eigenvalue weighted by molar-refractivity contribution is 0.0690. The standard InChI is InChI=1S/C13H10N4O2S/c18-13(19)8-4-5-17(16-8)11-10-7-2-1-3-9(7)20-12(10)15-6-14-11/h4-6H,1-3H2,(H,18,19). The van der Waals surface area contributed by atoms with Crippen LogP contribution in [-0.4, -0.2) is 30.8 Å². The van der Waals surface area contributed by atoms with Crippen molar-refractivity contribution in [3.05, 3.63) is 34.7 Å². The van der Waals surface area contributed by atoms with E-state index < -0.39 is 5.97 Å². The van der Waals surface area contributed by atoms with Gasteiger partial charge in [-0.3, -0.25) is 0 Å². The van der Waals surface area contributed by atoms with Crippen molar-refractivity contribution in [2.24, 2.45) is 0 Å². The van der Waals surface area contributed by atoms with Crippen LogP contribution < -0.4 is 0 Å². The number of aromatic nitrogens is 4. The summed E-state index contributed by atoms with van der Waals surface area (Å²) in [6, 6.07) is 1.48. The van der Waals surface area contributed by atoms with Gasteiger partial charge < -0.3 is 5.11 Å². The van der Waals surface area contributed by atoms with Crippen molar-refractivity contribution in [1.29, 1.82) is 0 Å². The maximum Gasteiger partial charge on any atom is 0.356 e. The van der Waals surface area contributed by atoms with Crippen molar-refractivity contribution in [2.75, 3.05) is 0 Å². The van der Waals surface area contributed by atoms with Crippen LogP contribution in [0, 0.1) is 0 Å². The van der Waals surface area contributed by atoms with Crippen molar-refractivity contribution >= 4 is 27.5 Å². The van der Waals surface area contributed by atoms with E-state index in [-0.39, 0.29) is 5.69 Å². The molecule has 0 aliphatic heterocycles. The van der Waals surface area contributed by atoms with E-state index in [1.54, 1.807) is 17.5 Å². The average molecular weight is 286 g/mol. The van der Waals surface area contributed by atoms with Crippen LogP contribution in [0.15, 0.2) is 18.6 Å². The molecule has 0 aromatic carbocycles. The third-order valence-corrected chi connectivity index (χ3v) is 4.71. The molecule has 7 heteroatoms. The van der Waals surface area contributed by atoms with E-state index in [4.69, 9.17) is 5.11 Å². The number of carbonyl (C=O) groups is 1. The second-order valence-corrected chi connectivity index (χ2v) is 5.77. The number of fused-ring (bicyclic) bond motifs is 3. The van der Waals surface area contributed by atoms with E-state index in [0.717, 1.165) is 29.5 Å². The van der Waals surface area contributed by atoms with Crippen molar-refractivity contribution in [3.8, 4) is 5.82 Å². The number of nitrogens with zero attached hydrogens (tertiary/aromatic N) is 4. The van der Waals surface area contributed by atoms with Crippen LogP contribution in [0.25, 0.3) is 16.0 Å². The molecule has 0 fully saturated rings. The summed E-state index contributed by atoms with van der Waals surface area (Å²) in [5.41, 5.74) is 1.32. The number of hydrogen-bond donors (Lipinski definition) is 1. The zero-order chi connectivity index (χ0) is 13.7. The van der Waals surface area contributed by atoms with Crippen LogP contribution in [0.1, 0.15) is 27.3 Å². The molecular formula is C13H10N4O2S. The third-order valence-electron chi connectivity index (χ3n) is 3.51. The molecule has 0 atom stereocenters. The smallest absolute Gasteiger partial charge is 0.356 e. The molecule has 0 saturated heterocycles. The second kappa shape index (κ2) is 4.11. The molecule has 0 bridgehead atoms. The maximum atomic E-state index is 10.9. The molecule has 1 aliphatic rings. The Kier molecular flexibility index (Phi) is 2.37. The first-order valence-corrected chi connectivity index (χ1v) is 7.10. The SMILES string of the molecule is O=C(O)c1ccn(-c2ncnc3sc4c(c23)CCC4)n1. The maximum absolute atomic E-state index is 10.9. The van der Waals surface area contributed by atoms with Crippen LogP contribution in [0.3, 0.4) is 0 Å². The first-order valence-electron chi connectivity index (χ1n) is 6.28. The Morgan fingerprint density at radius 3 is 3.05 bits per heavy atom. The number of thiophene rings is 1. The molecule has 0 amide bonds. The Bertz CT molecular complexity index is 836. The second-order valence-electron chi connectivity index (χ2n) is 4.69. The summed E-state index contributed by atoms with van der Waals surface area (Å²) in [6.07, 6.45) is 6.42. The number of aromatic carboxylic acids is 1. The highest BCUT2D eigenvalue weighted by Gasteiger charge is 2.22. The van der Waals surface area contributed by atoms with Gasteiger partial charge in [0.2, 0.25) is 0 Å². The fourth-order valence-electron chi connectivity index (χ4n) is 2.64. The Labute approximate surface area is 117 Å². The zero-order valence-electron chi connectivity index (χ0n) is 10.4. The van der Waals surface area contributed by atoms with Crippen LogP contribution in [0.5, 0.6) is 0 Å². The molecule has 4 rings (SSSR count). The van der Waals surface area contributed by atoms with Gasteiger partial charge in [-0.05, 0) is 30.9 Å². The summed E-state index contributed by atoms with van der Waals surface area (Å²) in [6.45, 7) is 0. The van der Waals surface area contributed by atoms with Crippen molar-refractivity contribution in [2.45, 2.75) is 19.3 Å².